The normalized spacial score (nSPS) is 10.5. The Morgan fingerprint density at radius 1 is 1.24 bits per heavy atom. The van der Waals surface area contributed by atoms with E-state index in [0.717, 1.165) is 22.8 Å². The van der Waals surface area contributed by atoms with Crippen LogP contribution in [0.3, 0.4) is 0 Å². The van der Waals surface area contributed by atoms with Crippen LogP contribution in [0.2, 0.25) is 0 Å². The summed E-state index contributed by atoms with van der Waals surface area (Å²) in [5.41, 5.74) is 8.86. The lowest BCUT2D eigenvalue weighted by molar-refractivity contribution is 0.478. The molecule has 2 rings (SSSR count). The number of nitrogens with two attached hydrogens (primary N) is 1. The molecule has 0 saturated carbocycles. The average molecular weight is 227 g/mol. The highest BCUT2D eigenvalue weighted by atomic mass is 16.3. The quantitative estimate of drug-likeness (QED) is 0.467. The predicted molar refractivity (Wildman–Crippen MR) is 73.2 cm³/mol. The van der Waals surface area contributed by atoms with Crippen molar-refractivity contribution in [2.75, 3.05) is 5.73 Å². The van der Waals surface area contributed by atoms with Gasteiger partial charge in [0, 0.05) is 5.39 Å². The third-order valence-electron chi connectivity index (χ3n) is 2.88. The smallest absolute Gasteiger partial charge is 0.139 e. The summed E-state index contributed by atoms with van der Waals surface area (Å²) in [5, 5.41) is 11.7. The number of nitrogen functional groups attached to an aromatic ring is 1. The van der Waals surface area contributed by atoms with Gasteiger partial charge in [-0.2, -0.15) is 0 Å². The number of hydrogen-bond donors (Lipinski definition) is 2. The van der Waals surface area contributed by atoms with E-state index in [0.29, 0.717) is 5.69 Å². The van der Waals surface area contributed by atoms with Gasteiger partial charge in [-0.1, -0.05) is 35.9 Å². The van der Waals surface area contributed by atoms with Crippen molar-refractivity contribution in [1.82, 2.24) is 0 Å². The summed E-state index contributed by atoms with van der Waals surface area (Å²) in [6.07, 6.45) is 3.01. The molecule has 0 amide bonds. The molecule has 0 saturated heterocycles. The van der Waals surface area contributed by atoms with Crippen molar-refractivity contribution in [3.05, 3.63) is 47.5 Å². The maximum Gasteiger partial charge on any atom is 0.139 e. The first-order chi connectivity index (χ1) is 8.09. The van der Waals surface area contributed by atoms with Gasteiger partial charge in [0.05, 0.1) is 5.69 Å². The number of rotatable bonds is 2. The number of allylic oxidation sites excluding steroid dienone is 2. The molecule has 0 aromatic heterocycles. The molecule has 0 aliphatic carbocycles. The van der Waals surface area contributed by atoms with Crippen molar-refractivity contribution < 1.29 is 5.11 Å². The van der Waals surface area contributed by atoms with Gasteiger partial charge in [0.2, 0.25) is 0 Å². The number of phenols is 1. The van der Waals surface area contributed by atoms with E-state index >= 15 is 0 Å². The lowest BCUT2D eigenvalue weighted by Crippen LogP contribution is -1.92. The zero-order valence-electron chi connectivity index (χ0n) is 10.2. The SMILES string of the molecule is CC(C)=CCc1cccc2ccc(O)c(N)c12. The van der Waals surface area contributed by atoms with Crippen LogP contribution in [-0.2, 0) is 6.42 Å². The lowest BCUT2D eigenvalue weighted by Gasteiger charge is -2.09. The van der Waals surface area contributed by atoms with Crippen LogP contribution in [0.25, 0.3) is 10.8 Å². The van der Waals surface area contributed by atoms with Gasteiger partial charge in [0.15, 0.2) is 0 Å². The van der Waals surface area contributed by atoms with Gasteiger partial charge in [0.25, 0.3) is 0 Å². The standard InChI is InChI=1S/C15H17NO/c1-10(2)6-7-11-4-3-5-12-8-9-13(17)15(16)14(11)12/h3-6,8-9,17H,7,16H2,1-2H3. The van der Waals surface area contributed by atoms with Crippen molar-refractivity contribution >= 4 is 16.5 Å². The molecule has 2 heteroatoms. The highest BCUT2D eigenvalue weighted by Crippen LogP contribution is 2.32. The van der Waals surface area contributed by atoms with Crippen molar-refractivity contribution in [2.45, 2.75) is 20.3 Å². The Labute approximate surface area is 101 Å². The van der Waals surface area contributed by atoms with Crippen LogP contribution in [0, 0.1) is 0 Å². The molecule has 0 radical (unpaired) electrons. The molecule has 0 bridgehead atoms. The molecule has 0 aliphatic rings. The van der Waals surface area contributed by atoms with Gasteiger partial charge in [-0.05, 0) is 37.3 Å². The molecule has 0 spiro atoms. The Balaban J connectivity index is 2.63. The molecule has 0 heterocycles. The average Bonchev–Trinajstić information content (AvgIpc) is 2.31. The highest BCUT2D eigenvalue weighted by molar-refractivity contribution is 5.98. The van der Waals surface area contributed by atoms with Gasteiger partial charge in [0.1, 0.15) is 5.75 Å². The van der Waals surface area contributed by atoms with Gasteiger partial charge in [-0.3, -0.25) is 0 Å². The van der Waals surface area contributed by atoms with Crippen LogP contribution in [0.4, 0.5) is 5.69 Å². The van der Waals surface area contributed by atoms with Crippen molar-refractivity contribution in [1.29, 1.82) is 0 Å². The number of aromatic hydroxyl groups is 1. The predicted octanol–water partition coefficient (Wildman–Crippen LogP) is 3.64. The van der Waals surface area contributed by atoms with Crippen LogP contribution in [0.15, 0.2) is 42.0 Å². The fraction of sp³-hybridized carbons (Fsp3) is 0.200. The molecule has 17 heavy (non-hydrogen) atoms. The maximum atomic E-state index is 9.68. The molecule has 2 nitrogen and oxygen atoms in total. The maximum absolute atomic E-state index is 9.68. The minimum absolute atomic E-state index is 0.155. The van der Waals surface area contributed by atoms with E-state index in [9.17, 15) is 5.11 Å². The monoisotopic (exact) mass is 227 g/mol. The second kappa shape index (κ2) is 4.50. The van der Waals surface area contributed by atoms with E-state index in [-0.39, 0.29) is 5.75 Å². The Kier molecular flexibility index (Phi) is 3.05. The zero-order chi connectivity index (χ0) is 12.4. The molecule has 3 N–H and O–H groups in total. The first kappa shape index (κ1) is 11.5. The zero-order valence-corrected chi connectivity index (χ0v) is 10.2. The summed E-state index contributed by atoms with van der Waals surface area (Å²) in [5.74, 6) is 0.155. The summed E-state index contributed by atoms with van der Waals surface area (Å²) >= 11 is 0. The molecule has 0 aliphatic heterocycles. The summed E-state index contributed by atoms with van der Waals surface area (Å²) in [6, 6.07) is 9.62. The molecule has 0 atom stereocenters. The first-order valence-corrected chi connectivity index (χ1v) is 5.72. The molecule has 2 aromatic carbocycles. The third-order valence-corrected chi connectivity index (χ3v) is 2.88. The third kappa shape index (κ3) is 2.26. The van der Waals surface area contributed by atoms with E-state index in [1.807, 2.05) is 18.2 Å². The summed E-state index contributed by atoms with van der Waals surface area (Å²) < 4.78 is 0. The van der Waals surface area contributed by atoms with E-state index in [1.165, 1.54) is 5.57 Å². The van der Waals surface area contributed by atoms with Crippen molar-refractivity contribution in [3.8, 4) is 5.75 Å². The Morgan fingerprint density at radius 3 is 2.71 bits per heavy atom. The van der Waals surface area contributed by atoms with E-state index < -0.39 is 0 Å². The molecule has 88 valence electrons. The molecular formula is C15H17NO. The lowest BCUT2D eigenvalue weighted by atomic mass is 9.99. The number of benzene rings is 2. The van der Waals surface area contributed by atoms with E-state index in [1.54, 1.807) is 6.07 Å². The van der Waals surface area contributed by atoms with Crippen LogP contribution < -0.4 is 5.73 Å². The Bertz CT molecular complexity index is 581. The van der Waals surface area contributed by atoms with Gasteiger partial charge < -0.3 is 10.8 Å². The number of fused-ring (bicyclic) bond motifs is 1. The molecule has 0 fully saturated rings. The van der Waals surface area contributed by atoms with Crippen LogP contribution in [-0.4, -0.2) is 5.11 Å². The minimum atomic E-state index is 0.155. The van der Waals surface area contributed by atoms with Crippen LogP contribution >= 0.6 is 0 Å². The Morgan fingerprint density at radius 2 is 2.00 bits per heavy atom. The van der Waals surface area contributed by atoms with Crippen LogP contribution in [0.1, 0.15) is 19.4 Å². The summed E-state index contributed by atoms with van der Waals surface area (Å²) in [4.78, 5) is 0. The summed E-state index contributed by atoms with van der Waals surface area (Å²) in [6.45, 7) is 4.15. The number of anilines is 1. The van der Waals surface area contributed by atoms with Crippen LogP contribution in [0.5, 0.6) is 5.75 Å². The van der Waals surface area contributed by atoms with Crippen molar-refractivity contribution in [2.24, 2.45) is 0 Å². The Hall–Kier alpha value is -1.96. The first-order valence-electron chi connectivity index (χ1n) is 5.72. The number of phenolic OH excluding ortho intramolecular Hbond substituents is 1. The second-order valence-electron chi connectivity index (χ2n) is 4.50. The largest absolute Gasteiger partial charge is 0.506 e. The fourth-order valence-corrected chi connectivity index (χ4v) is 1.96. The molecular weight excluding hydrogens is 210 g/mol. The molecule has 2 aromatic rings. The van der Waals surface area contributed by atoms with E-state index in [4.69, 9.17) is 5.73 Å². The topological polar surface area (TPSA) is 46.2 Å². The highest BCUT2D eigenvalue weighted by Gasteiger charge is 2.06. The van der Waals surface area contributed by atoms with Gasteiger partial charge in [-0.15, -0.1) is 0 Å². The van der Waals surface area contributed by atoms with Gasteiger partial charge in [-0.25, -0.2) is 0 Å². The molecule has 0 unspecified atom stereocenters. The second-order valence-corrected chi connectivity index (χ2v) is 4.50. The van der Waals surface area contributed by atoms with Crippen molar-refractivity contribution in [3.63, 3.8) is 0 Å². The van der Waals surface area contributed by atoms with E-state index in [2.05, 4.69) is 26.0 Å². The number of hydrogen-bond acceptors (Lipinski definition) is 2. The van der Waals surface area contributed by atoms with Gasteiger partial charge >= 0.3 is 0 Å². The minimum Gasteiger partial charge on any atom is -0.506 e. The fourth-order valence-electron chi connectivity index (χ4n) is 1.96. The summed E-state index contributed by atoms with van der Waals surface area (Å²) in [7, 11) is 0.